The molecule has 0 unspecified atom stereocenters. The molecule has 8 heteroatoms. The van der Waals surface area contributed by atoms with Gasteiger partial charge in [0, 0.05) is 24.9 Å². The zero-order chi connectivity index (χ0) is 12.8. The second kappa shape index (κ2) is 6.00. The van der Waals surface area contributed by atoms with Crippen LogP contribution in [-0.2, 0) is 0 Å². The predicted octanol–water partition coefficient (Wildman–Crippen LogP) is 1.80. The van der Waals surface area contributed by atoms with Crippen LogP contribution in [0.4, 0.5) is 11.5 Å². The maximum atomic E-state index is 11.0. The Kier molecular flexibility index (Phi) is 4.66. The molecule has 0 fully saturated rings. The Balaban J connectivity index is 3.34. The summed E-state index contributed by atoms with van der Waals surface area (Å²) in [7, 11) is 0. The van der Waals surface area contributed by atoms with Gasteiger partial charge in [0.25, 0.3) is 0 Å². The van der Waals surface area contributed by atoms with Crippen LogP contribution in [-0.4, -0.2) is 28.0 Å². The highest BCUT2D eigenvalue weighted by molar-refractivity contribution is 8.03. The topological polar surface area (TPSA) is 96.0 Å². The minimum Gasteiger partial charge on any atom is -0.351 e. The van der Waals surface area contributed by atoms with E-state index in [2.05, 4.69) is 9.97 Å². The molecule has 0 radical (unpaired) electrons. The maximum absolute atomic E-state index is 11.0. The maximum Gasteiger partial charge on any atom is 0.344 e. The highest BCUT2D eigenvalue weighted by Gasteiger charge is 2.26. The first-order valence-corrected chi connectivity index (χ1v) is 5.77. The minimum absolute atomic E-state index is 0.0781. The van der Waals surface area contributed by atoms with Crippen molar-refractivity contribution in [3.05, 3.63) is 16.4 Å². The average Bonchev–Trinajstić information content (AvgIpc) is 2.31. The van der Waals surface area contributed by atoms with Crippen molar-refractivity contribution in [2.45, 2.75) is 18.9 Å². The van der Waals surface area contributed by atoms with Crippen LogP contribution in [0.1, 0.15) is 13.8 Å². The van der Waals surface area contributed by atoms with Crippen LogP contribution in [0.3, 0.4) is 0 Å². The van der Waals surface area contributed by atoms with Crippen LogP contribution in [0.5, 0.6) is 0 Å². The number of hydrogen-bond donors (Lipinski definition) is 0. The number of anilines is 1. The van der Waals surface area contributed by atoms with Gasteiger partial charge in [-0.05, 0) is 13.8 Å². The Bertz CT molecular complexity index is 455. The van der Waals surface area contributed by atoms with E-state index in [-0.39, 0.29) is 16.5 Å². The number of nitrogens with zero attached hydrogens (tertiary/aromatic N) is 5. The molecular weight excluding hydrogens is 242 g/mol. The van der Waals surface area contributed by atoms with Gasteiger partial charge in [0.15, 0.2) is 5.03 Å². The van der Waals surface area contributed by atoms with Gasteiger partial charge in [-0.2, -0.15) is 5.26 Å². The van der Waals surface area contributed by atoms with Crippen molar-refractivity contribution in [1.82, 2.24) is 9.97 Å². The van der Waals surface area contributed by atoms with E-state index >= 15 is 0 Å². The number of nitriles is 1. The van der Waals surface area contributed by atoms with Gasteiger partial charge in [-0.25, -0.2) is 9.97 Å². The van der Waals surface area contributed by atoms with E-state index in [1.54, 1.807) is 10.3 Å². The molecular formula is C9H11N5O2S. The summed E-state index contributed by atoms with van der Waals surface area (Å²) in [6.07, 6.45) is 1.24. The Labute approximate surface area is 103 Å². The van der Waals surface area contributed by atoms with Crippen molar-refractivity contribution in [3.63, 3.8) is 0 Å². The molecule has 17 heavy (non-hydrogen) atoms. The normalized spacial score (nSPS) is 9.71. The van der Waals surface area contributed by atoms with Gasteiger partial charge in [0.05, 0.1) is 4.92 Å². The fraction of sp³-hybridized carbons (Fsp3) is 0.444. The summed E-state index contributed by atoms with van der Waals surface area (Å²) in [4.78, 5) is 19.9. The quantitative estimate of drug-likeness (QED) is 0.259. The first kappa shape index (κ1) is 13.2. The van der Waals surface area contributed by atoms with Gasteiger partial charge in [0.2, 0.25) is 5.82 Å². The summed E-state index contributed by atoms with van der Waals surface area (Å²) < 4.78 is 0. The second-order valence-electron chi connectivity index (χ2n) is 2.97. The average molecular weight is 253 g/mol. The van der Waals surface area contributed by atoms with E-state index in [0.29, 0.717) is 24.9 Å². The zero-order valence-corrected chi connectivity index (χ0v) is 10.3. The van der Waals surface area contributed by atoms with E-state index < -0.39 is 4.92 Å². The molecule has 1 aromatic rings. The fourth-order valence-electron chi connectivity index (χ4n) is 1.39. The van der Waals surface area contributed by atoms with Gasteiger partial charge < -0.3 is 4.90 Å². The van der Waals surface area contributed by atoms with E-state index in [9.17, 15) is 10.1 Å². The smallest absolute Gasteiger partial charge is 0.344 e. The Morgan fingerprint density at radius 3 is 2.65 bits per heavy atom. The SMILES string of the molecule is CCN(CC)c1ncnc(SC#N)c1[N+](=O)[O-]. The molecule has 0 saturated heterocycles. The zero-order valence-electron chi connectivity index (χ0n) is 9.45. The molecule has 0 N–H and O–H groups in total. The van der Waals surface area contributed by atoms with Crippen molar-refractivity contribution in [2.75, 3.05) is 18.0 Å². The lowest BCUT2D eigenvalue weighted by Gasteiger charge is -2.19. The van der Waals surface area contributed by atoms with Crippen LogP contribution in [0.15, 0.2) is 11.4 Å². The van der Waals surface area contributed by atoms with E-state index in [0.717, 1.165) is 0 Å². The van der Waals surface area contributed by atoms with Crippen molar-refractivity contribution in [2.24, 2.45) is 0 Å². The number of thioether (sulfide) groups is 1. The molecule has 7 nitrogen and oxygen atoms in total. The van der Waals surface area contributed by atoms with Crippen LogP contribution >= 0.6 is 11.8 Å². The van der Waals surface area contributed by atoms with Crippen LogP contribution in [0.2, 0.25) is 0 Å². The monoisotopic (exact) mass is 253 g/mol. The van der Waals surface area contributed by atoms with E-state index in [4.69, 9.17) is 5.26 Å². The minimum atomic E-state index is -0.548. The molecule has 0 aliphatic heterocycles. The summed E-state index contributed by atoms with van der Waals surface area (Å²) in [6, 6.07) is 0. The molecule has 0 aliphatic carbocycles. The lowest BCUT2D eigenvalue weighted by Crippen LogP contribution is -2.24. The molecule has 1 heterocycles. The van der Waals surface area contributed by atoms with Crippen LogP contribution in [0.25, 0.3) is 0 Å². The van der Waals surface area contributed by atoms with E-state index in [1.165, 1.54) is 6.33 Å². The Morgan fingerprint density at radius 2 is 2.18 bits per heavy atom. The van der Waals surface area contributed by atoms with Gasteiger partial charge in [-0.3, -0.25) is 10.1 Å². The standard InChI is InChI=1S/C9H11N5O2S/c1-3-13(4-2)8-7(14(15)16)9(17-5-10)12-6-11-8/h6H,3-4H2,1-2H3. The van der Waals surface area contributed by atoms with Crippen LogP contribution < -0.4 is 4.90 Å². The summed E-state index contributed by atoms with van der Waals surface area (Å²) in [5, 5.41) is 21.5. The summed E-state index contributed by atoms with van der Waals surface area (Å²) >= 11 is 0.669. The van der Waals surface area contributed by atoms with Crippen molar-refractivity contribution >= 4 is 23.3 Å². The van der Waals surface area contributed by atoms with Gasteiger partial charge in [-0.1, -0.05) is 0 Å². The first-order chi connectivity index (χ1) is 8.15. The van der Waals surface area contributed by atoms with E-state index in [1.807, 2.05) is 13.8 Å². The van der Waals surface area contributed by atoms with Gasteiger partial charge >= 0.3 is 5.69 Å². The third kappa shape index (κ3) is 2.82. The molecule has 0 aromatic carbocycles. The molecule has 0 atom stereocenters. The summed E-state index contributed by atoms with van der Waals surface area (Å²) in [6.45, 7) is 4.97. The number of nitro groups is 1. The second-order valence-corrected chi connectivity index (χ2v) is 3.75. The predicted molar refractivity (Wildman–Crippen MR) is 63.7 cm³/mol. The summed E-state index contributed by atoms with van der Waals surface area (Å²) in [5.41, 5.74) is -0.206. The molecule has 0 saturated carbocycles. The highest BCUT2D eigenvalue weighted by atomic mass is 32.2. The highest BCUT2D eigenvalue weighted by Crippen LogP contribution is 2.33. The lowest BCUT2D eigenvalue weighted by molar-refractivity contribution is -0.387. The molecule has 90 valence electrons. The molecule has 0 amide bonds. The number of rotatable bonds is 5. The van der Waals surface area contributed by atoms with Crippen molar-refractivity contribution in [1.29, 1.82) is 5.26 Å². The number of hydrogen-bond acceptors (Lipinski definition) is 7. The molecule has 1 rings (SSSR count). The van der Waals surface area contributed by atoms with Crippen LogP contribution in [0, 0.1) is 20.8 Å². The first-order valence-electron chi connectivity index (χ1n) is 4.95. The molecule has 1 aromatic heterocycles. The summed E-state index contributed by atoms with van der Waals surface area (Å²) in [5.74, 6) is 0.257. The van der Waals surface area contributed by atoms with Crippen molar-refractivity contribution < 1.29 is 4.92 Å². The third-order valence-corrected chi connectivity index (χ3v) is 2.74. The lowest BCUT2D eigenvalue weighted by atomic mass is 10.4. The molecule has 0 spiro atoms. The Morgan fingerprint density at radius 1 is 1.53 bits per heavy atom. The fourth-order valence-corrected chi connectivity index (χ4v) is 1.83. The number of thiocyanates is 1. The largest absolute Gasteiger partial charge is 0.351 e. The Hall–Kier alpha value is -1.88. The van der Waals surface area contributed by atoms with Crippen molar-refractivity contribution in [3.8, 4) is 5.40 Å². The van der Waals surface area contributed by atoms with Gasteiger partial charge in [0.1, 0.15) is 11.7 Å². The third-order valence-electron chi connectivity index (χ3n) is 2.16. The number of aromatic nitrogens is 2. The van der Waals surface area contributed by atoms with Gasteiger partial charge in [-0.15, -0.1) is 0 Å². The molecule has 0 bridgehead atoms. The molecule has 0 aliphatic rings.